The van der Waals surface area contributed by atoms with Gasteiger partial charge in [-0.25, -0.2) is 4.98 Å². The number of carbonyl (C=O) groups is 1. The molecule has 0 unspecified atom stereocenters. The fraction of sp³-hybridized carbons (Fsp3) is 0.312. The maximum absolute atomic E-state index is 11.6. The molecule has 2 aromatic rings. The molecule has 0 spiro atoms. The summed E-state index contributed by atoms with van der Waals surface area (Å²) in [6.07, 6.45) is 3.53. The van der Waals surface area contributed by atoms with Crippen LogP contribution in [0.2, 0.25) is 0 Å². The topological polar surface area (TPSA) is 115 Å². The van der Waals surface area contributed by atoms with E-state index < -0.39 is 12.0 Å². The van der Waals surface area contributed by atoms with Crippen LogP contribution in [0.4, 0.5) is 5.69 Å². The number of aromatic nitrogens is 2. The minimum Gasteiger partial charge on any atom is -0.396 e. The Morgan fingerprint density at radius 1 is 1.45 bits per heavy atom. The average molecular weight is 298 g/mol. The van der Waals surface area contributed by atoms with Crippen LogP contribution in [0, 0.1) is 0 Å². The number of pyridine rings is 2. The molecule has 2 heterocycles. The van der Waals surface area contributed by atoms with Crippen LogP contribution in [0.25, 0.3) is 16.6 Å². The van der Waals surface area contributed by atoms with E-state index in [1.807, 2.05) is 6.92 Å². The first-order valence-corrected chi connectivity index (χ1v) is 7.22. The fourth-order valence-electron chi connectivity index (χ4n) is 3.01. The number of rotatable bonds is 2. The number of hydrogen-bond donors (Lipinski definition) is 3. The van der Waals surface area contributed by atoms with Crippen molar-refractivity contribution in [2.45, 2.75) is 32.3 Å². The molecule has 3 rings (SSSR count). The van der Waals surface area contributed by atoms with Crippen molar-refractivity contribution in [1.82, 2.24) is 9.97 Å². The second kappa shape index (κ2) is 5.38. The highest BCUT2D eigenvalue weighted by atomic mass is 16.3. The van der Waals surface area contributed by atoms with Crippen LogP contribution < -0.4 is 11.5 Å². The number of fused-ring (bicyclic) bond motifs is 1. The molecule has 5 N–H and O–H groups in total. The van der Waals surface area contributed by atoms with E-state index in [-0.39, 0.29) is 11.4 Å². The van der Waals surface area contributed by atoms with E-state index >= 15 is 0 Å². The van der Waals surface area contributed by atoms with Gasteiger partial charge in [0.25, 0.3) is 5.91 Å². The van der Waals surface area contributed by atoms with E-state index in [2.05, 4.69) is 9.97 Å². The van der Waals surface area contributed by atoms with Crippen LogP contribution in [0.15, 0.2) is 23.9 Å². The maximum Gasteiger partial charge on any atom is 0.269 e. The van der Waals surface area contributed by atoms with Gasteiger partial charge in [0, 0.05) is 11.8 Å². The lowest BCUT2D eigenvalue weighted by molar-refractivity contribution is 0.0997. The average Bonchev–Trinajstić information content (AvgIpc) is 2.50. The van der Waals surface area contributed by atoms with Gasteiger partial charge in [-0.05, 0) is 49.5 Å². The van der Waals surface area contributed by atoms with Crippen molar-refractivity contribution < 1.29 is 9.90 Å². The van der Waals surface area contributed by atoms with Gasteiger partial charge in [0.2, 0.25) is 0 Å². The summed E-state index contributed by atoms with van der Waals surface area (Å²) in [4.78, 5) is 20.2. The SMILES string of the molecule is CC1=C(c2c(N)c(C(N)=O)nc3cccnc23)CCC[C@H]1O. The van der Waals surface area contributed by atoms with Crippen molar-refractivity contribution in [1.29, 1.82) is 0 Å². The smallest absolute Gasteiger partial charge is 0.269 e. The van der Waals surface area contributed by atoms with E-state index in [1.54, 1.807) is 18.3 Å². The second-order valence-electron chi connectivity index (χ2n) is 5.55. The van der Waals surface area contributed by atoms with E-state index in [0.717, 1.165) is 30.4 Å². The number of aliphatic hydroxyl groups is 1. The lowest BCUT2D eigenvalue weighted by Crippen LogP contribution is -2.19. The number of hydrogen-bond acceptors (Lipinski definition) is 5. The molecule has 0 fully saturated rings. The summed E-state index contributed by atoms with van der Waals surface area (Å²) in [5, 5.41) is 10.1. The number of nitrogens with two attached hydrogens (primary N) is 2. The van der Waals surface area contributed by atoms with Gasteiger partial charge in [-0.15, -0.1) is 0 Å². The molecule has 2 aromatic heterocycles. The molecule has 0 saturated carbocycles. The van der Waals surface area contributed by atoms with E-state index in [0.29, 0.717) is 16.6 Å². The quantitative estimate of drug-likeness (QED) is 0.779. The Bertz CT molecular complexity index is 798. The van der Waals surface area contributed by atoms with Gasteiger partial charge in [-0.3, -0.25) is 9.78 Å². The van der Waals surface area contributed by atoms with Gasteiger partial charge in [0.1, 0.15) is 0 Å². The maximum atomic E-state index is 11.6. The summed E-state index contributed by atoms with van der Waals surface area (Å²) in [5.41, 5.74) is 15.5. The summed E-state index contributed by atoms with van der Waals surface area (Å²) in [7, 11) is 0. The molecular formula is C16H18N4O2. The monoisotopic (exact) mass is 298 g/mol. The lowest BCUT2D eigenvalue weighted by Gasteiger charge is -2.24. The minimum absolute atomic E-state index is 0.0517. The number of nitrogens with zero attached hydrogens (tertiary/aromatic N) is 2. The third-order valence-electron chi connectivity index (χ3n) is 4.20. The molecule has 6 heteroatoms. The predicted octanol–water partition coefficient (Wildman–Crippen LogP) is 1.63. The van der Waals surface area contributed by atoms with Crippen LogP contribution in [0.1, 0.15) is 42.2 Å². The Balaban J connectivity index is 2.39. The van der Waals surface area contributed by atoms with Gasteiger partial charge in [-0.1, -0.05) is 0 Å². The molecule has 0 saturated heterocycles. The van der Waals surface area contributed by atoms with Crippen molar-refractivity contribution >= 4 is 28.2 Å². The number of nitrogen functional groups attached to an aromatic ring is 1. The molecule has 22 heavy (non-hydrogen) atoms. The van der Waals surface area contributed by atoms with Crippen LogP contribution in [-0.4, -0.2) is 27.1 Å². The largest absolute Gasteiger partial charge is 0.396 e. The van der Waals surface area contributed by atoms with Crippen LogP contribution in [0.3, 0.4) is 0 Å². The standard InChI is InChI=1S/C16H18N4O2/c1-8-9(4-2-6-11(8)21)12-13(17)15(16(18)22)20-10-5-3-7-19-14(10)12/h3,5,7,11,21H,2,4,6,17H2,1H3,(H2,18,22)/t11-/m1/s1. The van der Waals surface area contributed by atoms with Crippen molar-refractivity contribution in [3.8, 4) is 0 Å². The third kappa shape index (κ3) is 2.21. The van der Waals surface area contributed by atoms with Crippen molar-refractivity contribution in [3.05, 3.63) is 35.2 Å². The summed E-state index contributed by atoms with van der Waals surface area (Å²) in [5.74, 6) is -0.667. The number of primary amides is 1. The molecule has 0 bridgehead atoms. The van der Waals surface area contributed by atoms with Gasteiger partial charge >= 0.3 is 0 Å². The molecule has 6 nitrogen and oxygen atoms in total. The Morgan fingerprint density at radius 3 is 2.95 bits per heavy atom. The highest BCUT2D eigenvalue weighted by Crippen LogP contribution is 2.38. The second-order valence-corrected chi connectivity index (χ2v) is 5.55. The molecule has 1 aliphatic carbocycles. The number of allylic oxidation sites excluding steroid dienone is 1. The number of aliphatic hydroxyl groups excluding tert-OH is 1. The zero-order chi connectivity index (χ0) is 15.9. The van der Waals surface area contributed by atoms with Gasteiger partial charge in [-0.2, -0.15) is 0 Å². The minimum atomic E-state index is -0.667. The summed E-state index contributed by atoms with van der Waals surface area (Å²) < 4.78 is 0. The molecule has 0 aromatic carbocycles. The van der Waals surface area contributed by atoms with Gasteiger partial charge in [0.15, 0.2) is 5.69 Å². The van der Waals surface area contributed by atoms with E-state index in [4.69, 9.17) is 11.5 Å². The van der Waals surface area contributed by atoms with Crippen molar-refractivity contribution in [2.75, 3.05) is 5.73 Å². The Morgan fingerprint density at radius 2 is 2.23 bits per heavy atom. The summed E-state index contributed by atoms with van der Waals surface area (Å²) in [6.45, 7) is 1.89. The molecular weight excluding hydrogens is 280 g/mol. The Hall–Kier alpha value is -2.47. The highest BCUT2D eigenvalue weighted by molar-refractivity contribution is 6.05. The summed E-state index contributed by atoms with van der Waals surface area (Å²) >= 11 is 0. The third-order valence-corrected chi connectivity index (χ3v) is 4.20. The zero-order valence-corrected chi connectivity index (χ0v) is 12.3. The highest BCUT2D eigenvalue weighted by Gasteiger charge is 2.25. The van der Waals surface area contributed by atoms with Crippen molar-refractivity contribution in [3.63, 3.8) is 0 Å². The van der Waals surface area contributed by atoms with Crippen LogP contribution in [0.5, 0.6) is 0 Å². The van der Waals surface area contributed by atoms with Gasteiger partial charge in [0.05, 0.1) is 22.8 Å². The van der Waals surface area contributed by atoms with Crippen LogP contribution >= 0.6 is 0 Å². The number of anilines is 1. The normalized spacial score (nSPS) is 18.7. The van der Waals surface area contributed by atoms with Crippen LogP contribution in [-0.2, 0) is 0 Å². The summed E-state index contributed by atoms with van der Waals surface area (Å²) in [6, 6.07) is 3.52. The molecule has 0 radical (unpaired) electrons. The first kappa shape index (κ1) is 14.5. The Kier molecular flexibility index (Phi) is 3.54. The molecule has 1 aliphatic rings. The first-order chi connectivity index (χ1) is 10.5. The molecule has 1 amide bonds. The van der Waals surface area contributed by atoms with Gasteiger partial charge < -0.3 is 16.6 Å². The number of amides is 1. The van der Waals surface area contributed by atoms with E-state index in [9.17, 15) is 9.90 Å². The van der Waals surface area contributed by atoms with Crippen molar-refractivity contribution in [2.24, 2.45) is 5.73 Å². The predicted molar refractivity (Wildman–Crippen MR) is 84.9 cm³/mol. The van der Waals surface area contributed by atoms with E-state index in [1.165, 1.54) is 0 Å². The molecule has 0 aliphatic heterocycles. The lowest BCUT2D eigenvalue weighted by atomic mass is 9.85. The number of carbonyl (C=O) groups excluding carboxylic acids is 1. The molecule has 1 atom stereocenters. The first-order valence-electron chi connectivity index (χ1n) is 7.22. The zero-order valence-electron chi connectivity index (χ0n) is 12.3. The Labute approximate surface area is 127 Å². The molecule has 114 valence electrons. The fourth-order valence-corrected chi connectivity index (χ4v) is 3.01.